The molecular weight excluding hydrogens is 623 g/mol. The number of rotatable bonds is 14. The molecule has 0 fully saturated rings. The van der Waals surface area contributed by atoms with E-state index in [0.717, 1.165) is 27.4 Å². The van der Waals surface area contributed by atoms with E-state index in [-0.39, 0.29) is 18.0 Å². The molecule has 11 heteroatoms. The number of aromatic nitrogens is 4. The predicted molar refractivity (Wildman–Crippen MR) is 188 cm³/mol. The first-order valence-corrected chi connectivity index (χ1v) is 16.8. The van der Waals surface area contributed by atoms with Gasteiger partial charge >= 0.3 is 0 Å². The van der Waals surface area contributed by atoms with Gasteiger partial charge in [0, 0.05) is 72.7 Å². The lowest BCUT2D eigenvalue weighted by Crippen LogP contribution is -2.48. The average molecular weight is 664 g/mol. The van der Waals surface area contributed by atoms with Gasteiger partial charge in [0.1, 0.15) is 5.01 Å². The van der Waals surface area contributed by atoms with E-state index in [4.69, 9.17) is 0 Å². The molecule has 0 aliphatic carbocycles. The highest BCUT2D eigenvalue weighted by Crippen LogP contribution is 2.23. The minimum atomic E-state index is -0.910. The van der Waals surface area contributed by atoms with Crippen LogP contribution in [0.15, 0.2) is 91.0 Å². The Morgan fingerprint density at radius 1 is 0.958 bits per heavy atom. The van der Waals surface area contributed by atoms with Gasteiger partial charge in [-0.2, -0.15) is 0 Å². The maximum atomic E-state index is 13.9. The van der Waals surface area contributed by atoms with E-state index < -0.39 is 18.1 Å². The Labute approximate surface area is 285 Å². The number of amides is 2. The van der Waals surface area contributed by atoms with Crippen molar-refractivity contribution in [3.63, 3.8) is 0 Å². The number of nitrogens with one attached hydrogen (secondary N) is 2. The SMILES string of the molecule is Cc1csc(CN(C)C(=O)c2cc(C(=O)N[C@@H](Cc3ccccc3)[C@H](O)CNCc3cncc(C(C)C)c3)cc(-c3cnccn3)c2)n1. The lowest BCUT2D eigenvalue weighted by atomic mass is 9.99. The van der Waals surface area contributed by atoms with Crippen molar-refractivity contribution >= 4 is 23.2 Å². The number of aryl methyl sites for hydroxylation is 1. The highest BCUT2D eigenvalue weighted by atomic mass is 32.1. The van der Waals surface area contributed by atoms with Gasteiger partial charge in [0.15, 0.2) is 0 Å². The molecule has 0 unspecified atom stereocenters. The molecule has 10 nitrogen and oxygen atoms in total. The molecule has 5 rings (SSSR count). The van der Waals surface area contributed by atoms with Crippen LogP contribution < -0.4 is 10.6 Å². The fourth-order valence-electron chi connectivity index (χ4n) is 5.28. The van der Waals surface area contributed by atoms with Crippen LogP contribution in [0.4, 0.5) is 0 Å². The third kappa shape index (κ3) is 9.37. The maximum Gasteiger partial charge on any atom is 0.254 e. The number of carbonyl (C=O) groups excluding carboxylic acids is 2. The number of aliphatic hydroxyl groups excluding tert-OH is 1. The zero-order valence-electron chi connectivity index (χ0n) is 27.6. The molecular formula is C37H41N7O3S. The van der Waals surface area contributed by atoms with Crippen LogP contribution in [-0.4, -0.2) is 67.5 Å². The number of hydrogen-bond acceptors (Lipinski definition) is 9. The lowest BCUT2D eigenvalue weighted by molar-refractivity contribution is 0.0784. The van der Waals surface area contributed by atoms with Crippen LogP contribution in [0.3, 0.4) is 0 Å². The average Bonchev–Trinajstić information content (AvgIpc) is 3.52. The van der Waals surface area contributed by atoms with Gasteiger partial charge in [-0.3, -0.25) is 24.5 Å². The van der Waals surface area contributed by atoms with Gasteiger partial charge < -0.3 is 20.6 Å². The number of hydrogen-bond donors (Lipinski definition) is 3. The molecule has 5 aromatic rings. The van der Waals surface area contributed by atoms with Crippen molar-refractivity contribution in [2.45, 2.75) is 58.3 Å². The van der Waals surface area contributed by atoms with Crippen molar-refractivity contribution in [1.29, 1.82) is 0 Å². The Kier molecular flexibility index (Phi) is 11.7. The van der Waals surface area contributed by atoms with Crippen LogP contribution in [0.5, 0.6) is 0 Å². The molecule has 2 aromatic carbocycles. The van der Waals surface area contributed by atoms with Gasteiger partial charge in [-0.25, -0.2) is 4.98 Å². The van der Waals surface area contributed by atoms with Crippen molar-refractivity contribution in [3.8, 4) is 11.3 Å². The Morgan fingerprint density at radius 3 is 2.46 bits per heavy atom. The summed E-state index contributed by atoms with van der Waals surface area (Å²) >= 11 is 1.50. The number of pyridine rings is 1. The number of carbonyl (C=O) groups is 2. The molecule has 2 atom stereocenters. The number of benzene rings is 2. The summed E-state index contributed by atoms with van der Waals surface area (Å²) in [5.41, 5.74) is 5.75. The van der Waals surface area contributed by atoms with Crippen LogP contribution in [0.25, 0.3) is 11.3 Å². The van der Waals surface area contributed by atoms with Gasteiger partial charge in [0.25, 0.3) is 11.8 Å². The molecule has 0 spiro atoms. The quantitative estimate of drug-likeness (QED) is 0.148. The normalized spacial score (nSPS) is 12.5. The van der Waals surface area contributed by atoms with Crippen molar-refractivity contribution in [2.75, 3.05) is 13.6 Å². The summed E-state index contributed by atoms with van der Waals surface area (Å²) in [4.78, 5) is 46.6. The second-order valence-corrected chi connectivity index (χ2v) is 13.1. The van der Waals surface area contributed by atoms with E-state index in [2.05, 4.69) is 50.5 Å². The van der Waals surface area contributed by atoms with Crippen LogP contribution in [0.1, 0.15) is 67.9 Å². The highest BCUT2D eigenvalue weighted by molar-refractivity contribution is 7.09. The number of nitrogens with zero attached hydrogens (tertiary/aromatic N) is 5. The van der Waals surface area contributed by atoms with E-state index in [1.165, 1.54) is 11.3 Å². The van der Waals surface area contributed by atoms with Crippen LogP contribution in [0, 0.1) is 6.92 Å². The molecule has 3 heterocycles. The van der Waals surface area contributed by atoms with Crippen LogP contribution in [-0.2, 0) is 19.5 Å². The van der Waals surface area contributed by atoms with Gasteiger partial charge in [-0.1, -0.05) is 50.2 Å². The molecule has 0 saturated carbocycles. The Hall–Kier alpha value is -4.84. The molecule has 0 aliphatic heterocycles. The van der Waals surface area contributed by atoms with E-state index in [1.54, 1.807) is 48.7 Å². The molecule has 3 N–H and O–H groups in total. The van der Waals surface area contributed by atoms with Gasteiger partial charge in [-0.15, -0.1) is 11.3 Å². The third-order valence-corrected chi connectivity index (χ3v) is 8.88. The molecule has 3 aromatic heterocycles. The summed E-state index contributed by atoms with van der Waals surface area (Å²) in [5.74, 6) is -0.315. The molecule has 0 saturated heterocycles. The van der Waals surface area contributed by atoms with Crippen LogP contribution >= 0.6 is 11.3 Å². The van der Waals surface area contributed by atoms with Crippen molar-refractivity contribution < 1.29 is 14.7 Å². The minimum absolute atomic E-state index is 0.244. The standard InChI is InChI=1S/C37H41N7O3S/c1-24(2)31-12-27(17-39-19-31)18-40-21-34(45)32(13-26-8-6-5-7-9-26)43-36(46)29-14-28(33-20-38-10-11-41-33)15-30(16-29)37(47)44(4)22-35-42-25(3)23-48-35/h5-12,14-17,19-20,23-24,32,34,40,45H,13,18,21-22H2,1-4H3,(H,43,46)/t32-,34+/m0/s1. The van der Waals surface area contributed by atoms with Gasteiger partial charge in [-0.05, 0) is 54.2 Å². The zero-order valence-corrected chi connectivity index (χ0v) is 28.4. The smallest absolute Gasteiger partial charge is 0.254 e. The summed E-state index contributed by atoms with van der Waals surface area (Å²) in [6.45, 7) is 7.27. The summed E-state index contributed by atoms with van der Waals surface area (Å²) in [7, 11) is 1.71. The minimum Gasteiger partial charge on any atom is -0.390 e. The molecule has 248 valence electrons. The highest BCUT2D eigenvalue weighted by Gasteiger charge is 2.24. The lowest BCUT2D eigenvalue weighted by Gasteiger charge is -2.25. The number of aliphatic hydroxyl groups is 1. The zero-order chi connectivity index (χ0) is 34.0. The summed E-state index contributed by atoms with van der Waals surface area (Å²) < 4.78 is 0. The van der Waals surface area contributed by atoms with Crippen molar-refractivity contribution in [3.05, 3.63) is 129 Å². The monoisotopic (exact) mass is 663 g/mol. The van der Waals surface area contributed by atoms with E-state index in [9.17, 15) is 14.7 Å². The Bertz CT molecular complexity index is 1810. The Morgan fingerprint density at radius 2 is 1.75 bits per heavy atom. The molecule has 0 aliphatic rings. The topological polar surface area (TPSA) is 133 Å². The predicted octanol–water partition coefficient (Wildman–Crippen LogP) is 5.19. The molecule has 0 radical (unpaired) electrons. The second kappa shape index (κ2) is 16.3. The summed E-state index contributed by atoms with van der Waals surface area (Å²) in [5, 5.41) is 20.6. The Balaban J connectivity index is 1.37. The maximum absolute atomic E-state index is 13.9. The molecule has 0 bridgehead atoms. The molecule has 2 amide bonds. The van der Waals surface area contributed by atoms with E-state index in [1.807, 2.05) is 55.0 Å². The van der Waals surface area contributed by atoms with E-state index in [0.29, 0.717) is 42.2 Å². The van der Waals surface area contributed by atoms with E-state index >= 15 is 0 Å². The first-order chi connectivity index (χ1) is 23.2. The first-order valence-electron chi connectivity index (χ1n) is 15.9. The van der Waals surface area contributed by atoms with Gasteiger partial charge in [0.05, 0.1) is 30.6 Å². The fourth-order valence-corrected chi connectivity index (χ4v) is 6.10. The summed E-state index contributed by atoms with van der Waals surface area (Å²) in [6.07, 6.45) is 7.90. The van der Waals surface area contributed by atoms with Crippen LogP contribution in [0.2, 0.25) is 0 Å². The molecule has 48 heavy (non-hydrogen) atoms. The van der Waals surface area contributed by atoms with Crippen molar-refractivity contribution in [2.24, 2.45) is 0 Å². The second-order valence-electron chi connectivity index (χ2n) is 12.2. The summed E-state index contributed by atoms with van der Waals surface area (Å²) in [6, 6.07) is 16.2. The van der Waals surface area contributed by atoms with Gasteiger partial charge in [0.2, 0.25) is 0 Å². The third-order valence-electron chi connectivity index (χ3n) is 7.93. The largest absolute Gasteiger partial charge is 0.390 e. The van der Waals surface area contributed by atoms with Crippen molar-refractivity contribution in [1.82, 2.24) is 35.5 Å². The first kappa shape index (κ1) is 34.5. The number of thiazole rings is 1. The fraction of sp³-hybridized carbons (Fsp3) is 0.297.